The monoisotopic (exact) mass is 683 g/mol. The summed E-state index contributed by atoms with van der Waals surface area (Å²) in [5, 5.41) is 10.4. The van der Waals surface area contributed by atoms with Crippen LogP contribution in [0.2, 0.25) is 0 Å². The minimum Gasteiger partial charge on any atom is -0.490 e. The van der Waals surface area contributed by atoms with E-state index in [-0.39, 0.29) is 42.4 Å². The zero-order valence-corrected chi connectivity index (χ0v) is 28.2. The summed E-state index contributed by atoms with van der Waals surface area (Å²) in [6.07, 6.45) is 2.87. The lowest BCUT2D eigenvalue weighted by Gasteiger charge is -2.33. The van der Waals surface area contributed by atoms with Gasteiger partial charge in [0.2, 0.25) is 11.8 Å². The zero-order chi connectivity index (χ0) is 34.4. The van der Waals surface area contributed by atoms with Crippen LogP contribution in [0.1, 0.15) is 37.1 Å². The number of amides is 2. The Kier molecular flexibility index (Phi) is 8.53. The Balaban J connectivity index is 1.44. The van der Waals surface area contributed by atoms with Crippen molar-refractivity contribution in [2.45, 2.75) is 37.8 Å². The standard InChI is InChI=1S/C37H35F2N5O4S/c1-5-30(45)43-13-14-44-28(21(43)2)20-27(42-44)34-32(31-26(39)18-24(38)19-29(31)48-16-15-47-4)35-25(10-17-49-35)33(41-34)22-6-8-23(9-7-22)37(11-12-37)36(46)40-3/h5-10,17-21H,1,11-16H2,2-4H3,(H,40,46). The molecule has 1 saturated carbocycles. The first-order valence-corrected chi connectivity index (χ1v) is 16.9. The van der Waals surface area contributed by atoms with E-state index in [1.165, 1.54) is 30.6 Å². The highest BCUT2D eigenvalue weighted by atomic mass is 32.1. The van der Waals surface area contributed by atoms with Crippen LogP contribution < -0.4 is 10.1 Å². The van der Waals surface area contributed by atoms with Gasteiger partial charge in [0.25, 0.3) is 0 Å². The van der Waals surface area contributed by atoms with Crippen LogP contribution in [0.4, 0.5) is 8.78 Å². The predicted molar refractivity (Wildman–Crippen MR) is 184 cm³/mol. The third-order valence-corrected chi connectivity index (χ3v) is 10.4. The molecule has 12 heteroatoms. The Hall–Kier alpha value is -4.94. The number of nitrogens with one attached hydrogen (secondary N) is 1. The normalized spacial score (nSPS) is 16.3. The second kappa shape index (κ2) is 12.8. The molecule has 2 amide bonds. The number of pyridine rings is 1. The van der Waals surface area contributed by atoms with Gasteiger partial charge >= 0.3 is 0 Å². The third-order valence-electron chi connectivity index (χ3n) is 9.50. The number of thiophene rings is 1. The lowest BCUT2D eigenvalue weighted by Crippen LogP contribution is -2.40. The number of likely N-dealkylation sites (N-methyl/N-ethyl adjacent to an activating group) is 1. The molecule has 252 valence electrons. The van der Waals surface area contributed by atoms with Gasteiger partial charge in [-0.25, -0.2) is 13.8 Å². The van der Waals surface area contributed by atoms with E-state index < -0.39 is 17.0 Å². The van der Waals surface area contributed by atoms with Crippen molar-refractivity contribution in [1.29, 1.82) is 0 Å². The molecule has 4 heterocycles. The second-order valence-electron chi connectivity index (χ2n) is 12.3. The number of benzene rings is 2. The van der Waals surface area contributed by atoms with Crippen molar-refractivity contribution in [1.82, 2.24) is 25.0 Å². The Morgan fingerprint density at radius 3 is 2.55 bits per heavy atom. The number of aromatic nitrogens is 3. The van der Waals surface area contributed by atoms with Crippen LogP contribution in [0.15, 0.2) is 66.6 Å². The largest absolute Gasteiger partial charge is 0.490 e. The average molecular weight is 684 g/mol. The van der Waals surface area contributed by atoms with Crippen molar-refractivity contribution < 1.29 is 27.8 Å². The molecular formula is C37H35F2N5O4S. The molecule has 1 aliphatic heterocycles. The van der Waals surface area contributed by atoms with E-state index in [1.54, 1.807) is 11.9 Å². The minimum atomic E-state index is -0.800. The maximum absolute atomic E-state index is 16.1. The fourth-order valence-electron chi connectivity index (χ4n) is 6.80. The number of fused-ring (bicyclic) bond motifs is 2. The van der Waals surface area contributed by atoms with Gasteiger partial charge in [-0.15, -0.1) is 11.3 Å². The number of rotatable bonds is 10. The van der Waals surface area contributed by atoms with Gasteiger partial charge in [0.1, 0.15) is 35.4 Å². The molecule has 1 aliphatic carbocycles. The molecule has 9 nitrogen and oxygen atoms in total. The van der Waals surface area contributed by atoms with Gasteiger partial charge in [-0.3, -0.25) is 14.3 Å². The molecule has 49 heavy (non-hydrogen) atoms. The maximum Gasteiger partial charge on any atom is 0.246 e. The molecular weight excluding hydrogens is 649 g/mol. The second-order valence-corrected chi connectivity index (χ2v) is 13.2. The molecule has 2 aromatic carbocycles. The van der Waals surface area contributed by atoms with Crippen molar-refractivity contribution in [3.8, 4) is 39.5 Å². The predicted octanol–water partition coefficient (Wildman–Crippen LogP) is 6.66. The summed E-state index contributed by atoms with van der Waals surface area (Å²) in [6.45, 7) is 6.77. The molecule has 0 saturated heterocycles. The fourth-order valence-corrected chi connectivity index (χ4v) is 7.75. The van der Waals surface area contributed by atoms with E-state index in [0.717, 1.165) is 45.8 Å². The van der Waals surface area contributed by atoms with Crippen LogP contribution in [-0.2, 0) is 26.3 Å². The minimum absolute atomic E-state index is 0.00131. The van der Waals surface area contributed by atoms with Gasteiger partial charge < -0.3 is 19.7 Å². The number of carbonyl (C=O) groups is 2. The number of nitrogens with zero attached hydrogens (tertiary/aromatic N) is 4. The Labute approximate surface area is 286 Å². The van der Waals surface area contributed by atoms with Gasteiger partial charge in [-0.1, -0.05) is 30.8 Å². The molecule has 1 atom stereocenters. The third kappa shape index (κ3) is 5.58. The maximum atomic E-state index is 16.1. The topological polar surface area (TPSA) is 98.6 Å². The smallest absolute Gasteiger partial charge is 0.246 e. The molecule has 0 spiro atoms. The number of hydrogen-bond acceptors (Lipinski definition) is 7. The van der Waals surface area contributed by atoms with Gasteiger partial charge in [-0.2, -0.15) is 5.10 Å². The van der Waals surface area contributed by atoms with Gasteiger partial charge in [-0.05, 0) is 48.9 Å². The molecule has 0 radical (unpaired) electrons. The van der Waals surface area contributed by atoms with E-state index in [1.807, 2.05) is 53.4 Å². The lowest BCUT2D eigenvalue weighted by atomic mass is 9.92. The molecule has 5 aromatic rings. The van der Waals surface area contributed by atoms with Crippen LogP contribution in [0.3, 0.4) is 0 Å². The van der Waals surface area contributed by atoms with Crippen LogP contribution >= 0.6 is 11.3 Å². The molecule has 7 rings (SSSR count). The zero-order valence-electron chi connectivity index (χ0n) is 27.4. The summed E-state index contributed by atoms with van der Waals surface area (Å²) in [5.74, 6) is -1.73. The van der Waals surface area contributed by atoms with E-state index in [9.17, 15) is 14.0 Å². The number of carbonyl (C=O) groups excluding carboxylic acids is 2. The molecule has 3 aromatic heterocycles. The number of methoxy groups -OCH3 is 1. The van der Waals surface area contributed by atoms with E-state index >= 15 is 4.39 Å². The lowest BCUT2D eigenvalue weighted by molar-refractivity contribution is -0.129. The first-order valence-electron chi connectivity index (χ1n) is 16.1. The van der Waals surface area contributed by atoms with Crippen molar-refractivity contribution >= 4 is 33.2 Å². The van der Waals surface area contributed by atoms with Crippen molar-refractivity contribution in [2.75, 3.05) is 33.9 Å². The summed E-state index contributed by atoms with van der Waals surface area (Å²) in [4.78, 5) is 32.2. The first-order chi connectivity index (χ1) is 23.7. The van der Waals surface area contributed by atoms with Crippen LogP contribution in [0.5, 0.6) is 5.75 Å². The van der Waals surface area contributed by atoms with Crippen molar-refractivity contribution in [2.24, 2.45) is 0 Å². The van der Waals surface area contributed by atoms with Gasteiger partial charge in [0.15, 0.2) is 0 Å². The summed E-state index contributed by atoms with van der Waals surface area (Å²) in [5.41, 5.74) is 4.03. The average Bonchev–Trinajstić information content (AvgIpc) is 3.55. The number of hydrogen-bond donors (Lipinski definition) is 1. The molecule has 1 N–H and O–H groups in total. The molecule has 1 fully saturated rings. The first kappa shape index (κ1) is 32.6. The molecule has 0 bridgehead atoms. The highest BCUT2D eigenvalue weighted by Gasteiger charge is 2.50. The Morgan fingerprint density at radius 2 is 1.86 bits per heavy atom. The Bertz CT molecular complexity index is 2100. The van der Waals surface area contributed by atoms with E-state index in [2.05, 4.69) is 11.9 Å². The number of halogens is 2. The van der Waals surface area contributed by atoms with E-state index in [0.29, 0.717) is 35.7 Å². The summed E-state index contributed by atoms with van der Waals surface area (Å²) in [6, 6.07) is 13.4. The fraction of sp³-hybridized carbons (Fsp3) is 0.297. The SMILES string of the molecule is C=CC(=O)N1CCn2nc(-c3nc(-c4ccc(C5(C(=O)NC)CC5)cc4)c4ccsc4c3-c3c(F)cc(F)cc3OCCOC)cc2C1C. The molecule has 1 unspecified atom stereocenters. The summed E-state index contributed by atoms with van der Waals surface area (Å²) in [7, 11) is 3.17. The van der Waals surface area contributed by atoms with E-state index in [4.69, 9.17) is 19.6 Å². The highest BCUT2D eigenvalue weighted by molar-refractivity contribution is 7.18. The number of ether oxygens (including phenoxy) is 2. The van der Waals surface area contributed by atoms with Crippen LogP contribution in [0.25, 0.3) is 43.9 Å². The quantitative estimate of drug-likeness (QED) is 0.131. The highest BCUT2D eigenvalue weighted by Crippen LogP contribution is 2.50. The van der Waals surface area contributed by atoms with Gasteiger partial charge in [0.05, 0.1) is 41.6 Å². The summed E-state index contributed by atoms with van der Waals surface area (Å²) < 4.78 is 44.4. The van der Waals surface area contributed by atoms with Crippen LogP contribution in [0, 0.1) is 11.6 Å². The molecule has 2 aliphatic rings. The van der Waals surface area contributed by atoms with Crippen LogP contribution in [-0.4, -0.2) is 65.4 Å². The van der Waals surface area contributed by atoms with Crippen molar-refractivity contribution in [3.05, 3.63) is 89.5 Å². The van der Waals surface area contributed by atoms with Crippen molar-refractivity contribution in [3.63, 3.8) is 0 Å². The Morgan fingerprint density at radius 1 is 1.08 bits per heavy atom. The summed E-state index contributed by atoms with van der Waals surface area (Å²) >= 11 is 1.41. The van der Waals surface area contributed by atoms with Gasteiger partial charge in [0, 0.05) is 54.0 Å².